The van der Waals surface area contributed by atoms with Gasteiger partial charge in [0.15, 0.2) is 0 Å². The Bertz CT molecular complexity index is 585. The van der Waals surface area contributed by atoms with E-state index < -0.39 is 0 Å². The first-order valence-electron chi connectivity index (χ1n) is 7.54. The fourth-order valence-electron chi connectivity index (χ4n) is 3.19. The quantitative estimate of drug-likeness (QED) is 0.919. The molecule has 2 unspecified atom stereocenters. The summed E-state index contributed by atoms with van der Waals surface area (Å²) in [5.41, 5.74) is 0. The van der Waals surface area contributed by atoms with Crippen molar-refractivity contribution < 1.29 is 0 Å². The van der Waals surface area contributed by atoms with E-state index in [0.717, 1.165) is 30.5 Å². The first-order valence-corrected chi connectivity index (χ1v) is 8.42. The average molecular weight is 288 g/mol. The molecule has 20 heavy (non-hydrogen) atoms. The van der Waals surface area contributed by atoms with E-state index in [1.807, 2.05) is 11.3 Å². The van der Waals surface area contributed by atoms with Gasteiger partial charge in [-0.3, -0.25) is 5.32 Å². The molecular weight excluding hydrogens is 268 g/mol. The Balaban J connectivity index is 1.54. The molecule has 2 aromatic heterocycles. The van der Waals surface area contributed by atoms with Crippen LogP contribution in [0.25, 0.3) is 0 Å². The highest BCUT2D eigenvalue weighted by Crippen LogP contribution is 2.43. The van der Waals surface area contributed by atoms with Crippen molar-refractivity contribution in [2.24, 2.45) is 5.92 Å². The molecule has 1 N–H and O–H groups in total. The Morgan fingerprint density at radius 1 is 1.40 bits per heavy atom. The van der Waals surface area contributed by atoms with Gasteiger partial charge in [0.05, 0.1) is 6.04 Å². The fraction of sp³-hybridized carbons (Fsp3) is 0.600. The SMILES string of the molecule is CC(NC(c1cccs1)C1CC1)c1nnc2n1CCC2. The van der Waals surface area contributed by atoms with E-state index in [1.165, 1.54) is 24.1 Å². The summed E-state index contributed by atoms with van der Waals surface area (Å²) in [7, 11) is 0. The van der Waals surface area contributed by atoms with E-state index in [9.17, 15) is 0 Å². The Hall–Kier alpha value is -1.20. The molecule has 4 rings (SSSR count). The maximum absolute atomic E-state index is 4.41. The molecule has 3 heterocycles. The number of nitrogens with one attached hydrogen (secondary N) is 1. The van der Waals surface area contributed by atoms with E-state index in [-0.39, 0.29) is 6.04 Å². The van der Waals surface area contributed by atoms with Crippen molar-refractivity contribution in [1.29, 1.82) is 0 Å². The molecule has 2 aromatic rings. The van der Waals surface area contributed by atoms with Crippen LogP contribution in [0.2, 0.25) is 0 Å². The molecule has 1 aliphatic carbocycles. The molecule has 0 amide bonds. The van der Waals surface area contributed by atoms with E-state index in [0.29, 0.717) is 6.04 Å². The number of aromatic nitrogens is 3. The lowest BCUT2D eigenvalue weighted by Crippen LogP contribution is -2.27. The van der Waals surface area contributed by atoms with Gasteiger partial charge >= 0.3 is 0 Å². The topological polar surface area (TPSA) is 42.7 Å². The van der Waals surface area contributed by atoms with Crippen LogP contribution in [-0.4, -0.2) is 14.8 Å². The second-order valence-electron chi connectivity index (χ2n) is 5.95. The van der Waals surface area contributed by atoms with Crippen molar-refractivity contribution in [3.8, 4) is 0 Å². The summed E-state index contributed by atoms with van der Waals surface area (Å²) in [4.78, 5) is 1.46. The van der Waals surface area contributed by atoms with Crippen LogP contribution in [0, 0.1) is 5.92 Å². The van der Waals surface area contributed by atoms with Crippen LogP contribution < -0.4 is 5.32 Å². The van der Waals surface area contributed by atoms with E-state index in [4.69, 9.17) is 0 Å². The summed E-state index contributed by atoms with van der Waals surface area (Å²) in [5, 5.41) is 14.7. The van der Waals surface area contributed by atoms with Crippen molar-refractivity contribution >= 4 is 11.3 Å². The van der Waals surface area contributed by atoms with Gasteiger partial charge in [0.1, 0.15) is 11.6 Å². The van der Waals surface area contributed by atoms with E-state index in [1.54, 1.807) is 0 Å². The number of hydrogen-bond donors (Lipinski definition) is 1. The zero-order valence-electron chi connectivity index (χ0n) is 11.7. The Morgan fingerprint density at radius 3 is 3.05 bits per heavy atom. The first kappa shape index (κ1) is 12.5. The summed E-state index contributed by atoms with van der Waals surface area (Å²) in [6.45, 7) is 3.30. The predicted molar refractivity (Wildman–Crippen MR) is 79.7 cm³/mol. The fourth-order valence-corrected chi connectivity index (χ4v) is 4.06. The van der Waals surface area contributed by atoms with Gasteiger partial charge in [-0.25, -0.2) is 0 Å². The minimum atomic E-state index is 0.266. The molecule has 0 aromatic carbocycles. The lowest BCUT2D eigenvalue weighted by atomic mass is 10.1. The molecule has 1 aliphatic heterocycles. The second-order valence-corrected chi connectivity index (χ2v) is 6.93. The van der Waals surface area contributed by atoms with E-state index >= 15 is 0 Å². The minimum Gasteiger partial charge on any atom is -0.314 e. The molecular formula is C15H20N4S. The van der Waals surface area contributed by atoms with Crippen molar-refractivity contribution in [2.75, 3.05) is 0 Å². The van der Waals surface area contributed by atoms with Gasteiger partial charge < -0.3 is 4.57 Å². The predicted octanol–water partition coefficient (Wildman–Crippen LogP) is 3.09. The lowest BCUT2D eigenvalue weighted by Gasteiger charge is -2.22. The molecule has 4 nitrogen and oxygen atoms in total. The number of thiophene rings is 1. The third-order valence-electron chi connectivity index (χ3n) is 4.40. The maximum Gasteiger partial charge on any atom is 0.149 e. The second kappa shape index (κ2) is 4.97. The summed E-state index contributed by atoms with van der Waals surface area (Å²) < 4.78 is 2.30. The minimum absolute atomic E-state index is 0.266. The molecule has 0 spiro atoms. The van der Waals surface area contributed by atoms with Gasteiger partial charge in [-0.15, -0.1) is 21.5 Å². The third-order valence-corrected chi connectivity index (χ3v) is 5.35. The molecule has 0 radical (unpaired) electrons. The van der Waals surface area contributed by atoms with Crippen LogP contribution in [0.1, 0.15) is 54.8 Å². The number of fused-ring (bicyclic) bond motifs is 1. The van der Waals surface area contributed by atoms with E-state index in [2.05, 4.69) is 44.5 Å². The van der Waals surface area contributed by atoms with Crippen LogP contribution in [0.4, 0.5) is 0 Å². The van der Waals surface area contributed by atoms with Crippen LogP contribution in [0.5, 0.6) is 0 Å². The summed E-state index contributed by atoms with van der Waals surface area (Å²) >= 11 is 1.86. The molecule has 0 bridgehead atoms. The monoisotopic (exact) mass is 288 g/mol. The van der Waals surface area contributed by atoms with Crippen LogP contribution in [0.3, 0.4) is 0 Å². The smallest absolute Gasteiger partial charge is 0.149 e. The molecule has 2 atom stereocenters. The van der Waals surface area contributed by atoms with Gasteiger partial charge in [-0.1, -0.05) is 6.07 Å². The average Bonchev–Trinajstić information content (AvgIpc) is 2.87. The number of hydrogen-bond acceptors (Lipinski definition) is 4. The summed E-state index contributed by atoms with van der Waals surface area (Å²) in [6, 6.07) is 5.15. The van der Waals surface area contributed by atoms with Crippen molar-refractivity contribution in [3.05, 3.63) is 34.0 Å². The number of nitrogens with zero attached hydrogens (tertiary/aromatic N) is 3. The molecule has 0 saturated heterocycles. The number of aryl methyl sites for hydroxylation is 1. The molecule has 5 heteroatoms. The molecule has 2 aliphatic rings. The van der Waals surface area contributed by atoms with Crippen LogP contribution in [-0.2, 0) is 13.0 Å². The van der Waals surface area contributed by atoms with Gasteiger partial charge in [0.25, 0.3) is 0 Å². The van der Waals surface area contributed by atoms with Gasteiger partial charge in [-0.05, 0) is 43.6 Å². The zero-order valence-corrected chi connectivity index (χ0v) is 12.6. The van der Waals surface area contributed by atoms with Crippen molar-refractivity contribution in [3.63, 3.8) is 0 Å². The summed E-state index contributed by atoms with van der Waals surface area (Å²) in [6.07, 6.45) is 4.98. The Labute approximate surface area is 123 Å². The summed E-state index contributed by atoms with van der Waals surface area (Å²) in [5.74, 6) is 3.07. The van der Waals surface area contributed by atoms with Crippen molar-refractivity contribution in [1.82, 2.24) is 20.1 Å². The van der Waals surface area contributed by atoms with Crippen LogP contribution in [0.15, 0.2) is 17.5 Å². The number of rotatable bonds is 5. The maximum atomic E-state index is 4.41. The Morgan fingerprint density at radius 2 is 2.30 bits per heavy atom. The van der Waals surface area contributed by atoms with Gasteiger partial charge in [0, 0.05) is 23.9 Å². The Kier molecular flexibility index (Phi) is 3.11. The van der Waals surface area contributed by atoms with Gasteiger partial charge in [0.2, 0.25) is 0 Å². The van der Waals surface area contributed by atoms with Crippen LogP contribution >= 0.6 is 11.3 Å². The molecule has 106 valence electrons. The zero-order chi connectivity index (χ0) is 13.5. The molecule has 1 saturated carbocycles. The highest BCUT2D eigenvalue weighted by molar-refractivity contribution is 7.10. The van der Waals surface area contributed by atoms with Gasteiger partial charge in [-0.2, -0.15) is 0 Å². The standard InChI is InChI=1S/C15H20N4S/c1-10(15-18-17-13-5-2-8-19(13)15)16-14(11-6-7-11)12-4-3-9-20-12/h3-4,9-11,14,16H,2,5-8H2,1H3. The third kappa shape index (κ3) is 2.19. The first-order chi connectivity index (χ1) is 9.83. The highest BCUT2D eigenvalue weighted by Gasteiger charge is 2.34. The largest absolute Gasteiger partial charge is 0.314 e. The lowest BCUT2D eigenvalue weighted by molar-refractivity contribution is 0.411. The molecule has 1 fully saturated rings. The normalized spacial score (nSPS) is 20.9. The highest BCUT2D eigenvalue weighted by atomic mass is 32.1. The van der Waals surface area contributed by atoms with Crippen molar-refractivity contribution in [2.45, 2.75) is 51.2 Å².